The van der Waals surface area contributed by atoms with Crippen molar-refractivity contribution in [2.24, 2.45) is 0 Å². The minimum Gasteiger partial charge on any atom is -0.469 e. The molecule has 0 aliphatic rings. The number of hydrogen-bond acceptors (Lipinski definition) is 6. The first-order valence-electron chi connectivity index (χ1n) is 6.49. The van der Waals surface area contributed by atoms with Crippen molar-refractivity contribution in [3.63, 3.8) is 0 Å². The largest absolute Gasteiger partial charge is 0.573 e. The number of thioether (sulfide) groups is 1. The minimum atomic E-state index is -4.80. The van der Waals surface area contributed by atoms with Gasteiger partial charge in [0, 0.05) is 16.7 Å². The van der Waals surface area contributed by atoms with Gasteiger partial charge in [-0.3, -0.25) is 4.79 Å². The zero-order valence-corrected chi connectivity index (χ0v) is 14.6. The van der Waals surface area contributed by atoms with Gasteiger partial charge >= 0.3 is 12.3 Å². The highest BCUT2D eigenvalue weighted by Crippen LogP contribution is 2.35. The summed E-state index contributed by atoms with van der Waals surface area (Å²) in [5.41, 5.74) is 0.583. The van der Waals surface area contributed by atoms with E-state index in [2.05, 4.69) is 14.5 Å². The number of methoxy groups -OCH3 is 1. The summed E-state index contributed by atoms with van der Waals surface area (Å²) < 4.78 is 45.0. The lowest BCUT2D eigenvalue weighted by atomic mass is 10.2. The molecule has 0 fully saturated rings. The SMILES string of the molecule is COC(=O)CCSc1csc(-c2ccc(OC(F)(F)F)c(Cl)c2)n1. The molecule has 130 valence electrons. The van der Waals surface area contributed by atoms with Gasteiger partial charge in [0.1, 0.15) is 15.8 Å². The fourth-order valence-electron chi connectivity index (χ4n) is 1.64. The van der Waals surface area contributed by atoms with E-state index in [0.717, 1.165) is 6.07 Å². The highest BCUT2D eigenvalue weighted by Gasteiger charge is 2.32. The van der Waals surface area contributed by atoms with Crippen LogP contribution in [0, 0.1) is 0 Å². The number of carbonyl (C=O) groups excluding carboxylic acids is 1. The first-order valence-corrected chi connectivity index (χ1v) is 8.73. The van der Waals surface area contributed by atoms with Gasteiger partial charge < -0.3 is 9.47 Å². The van der Waals surface area contributed by atoms with E-state index in [1.807, 2.05) is 0 Å². The van der Waals surface area contributed by atoms with E-state index in [1.165, 1.54) is 42.3 Å². The Labute approximate surface area is 148 Å². The topological polar surface area (TPSA) is 48.4 Å². The van der Waals surface area contributed by atoms with Crippen LogP contribution in [0.1, 0.15) is 6.42 Å². The molecule has 1 aromatic carbocycles. The molecule has 0 saturated carbocycles. The van der Waals surface area contributed by atoms with Gasteiger partial charge in [-0.25, -0.2) is 4.98 Å². The number of alkyl halides is 3. The van der Waals surface area contributed by atoms with Crippen LogP contribution in [-0.4, -0.2) is 30.2 Å². The molecule has 0 bridgehead atoms. The van der Waals surface area contributed by atoms with Crippen LogP contribution in [0.5, 0.6) is 5.75 Å². The molecule has 0 amide bonds. The van der Waals surface area contributed by atoms with Gasteiger partial charge in [-0.05, 0) is 18.2 Å². The molecule has 0 aliphatic carbocycles. The van der Waals surface area contributed by atoms with E-state index in [1.54, 1.807) is 5.38 Å². The Hall–Kier alpha value is -1.45. The zero-order chi connectivity index (χ0) is 17.7. The summed E-state index contributed by atoms with van der Waals surface area (Å²) in [6.45, 7) is 0. The lowest BCUT2D eigenvalue weighted by Crippen LogP contribution is -2.17. The Morgan fingerprint density at radius 3 is 2.79 bits per heavy atom. The molecule has 0 radical (unpaired) electrons. The van der Waals surface area contributed by atoms with Gasteiger partial charge in [-0.1, -0.05) is 11.6 Å². The van der Waals surface area contributed by atoms with Gasteiger partial charge in [0.15, 0.2) is 0 Å². The second kappa shape index (κ2) is 8.09. The monoisotopic (exact) mass is 397 g/mol. The maximum absolute atomic E-state index is 12.2. The number of hydrogen-bond donors (Lipinski definition) is 0. The standard InChI is InChI=1S/C14H11ClF3NO3S2/c1-21-12(20)4-5-23-11-7-24-13(19-11)8-2-3-10(9(15)6-8)22-14(16,17)18/h2-3,6-7H,4-5H2,1H3. The number of benzene rings is 1. The van der Waals surface area contributed by atoms with Crippen molar-refractivity contribution in [3.8, 4) is 16.3 Å². The molecule has 1 heterocycles. The highest BCUT2D eigenvalue weighted by molar-refractivity contribution is 7.99. The Morgan fingerprint density at radius 1 is 1.42 bits per heavy atom. The summed E-state index contributed by atoms with van der Waals surface area (Å²) in [4.78, 5) is 15.4. The Bertz CT molecular complexity index is 722. The van der Waals surface area contributed by atoms with Crippen LogP contribution in [0.2, 0.25) is 5.02 Å². The average molecular weight is 398 g/mol. The smallest absolute Gasteiger partial charge is 0.469 e. The number of nitrogens with zero attached hydrogens (tertiary/aromatic N) is 1. The lowest BCUT2D eigenvalue weighted by Gasteiger charge is -2.10. The number of rotatable bonds is 6. The van der Waals surface area contributed by atoms with Crippen molar-refractivity contribution in [3.05, 3.63) is 28.6 Å². The number of aromatic nitrogens is 1. The molecule has 2 rings (SSSR count). The predicted molar refractivity (Wildman–Crippen MR) is 86.6 cm³/mol. The normalized spacial score (nSPS) is 11.4. The molecule has 4 nitrogen and oxygen atoms in total. The summed E-state index contributed by atoms with van der Waals surface area (Å²) in [6, 6.07) is 3.97. The lowest BCUT2D eigenvalue weighted by molar-refractivity contribution is -0.274. The molecule has 0 atom stereocenters. The molecule has 1 aromatic heterocycles. The van der Waals surface area contributed by atoms with Crippen molar-refractivity contribution < 1.29 is 27.4 Å². The van der Waals surface area contributed by atoms with Crippen LogP contribution < -0.4 is 4.74 Å². The van der Waals surface area contributed by atoms with Crippen LogP contribution >= 0.6 is 34.7 Å². The third-order valence-corrected chi connectivity index (χ3v) is 4.92. The van der Waals surface area contributed by atoms with Crippen LogP contribution in [-0.2, 0) is 9.53 Å². The van der Waals surface area contributed by atoms with Crippen LogP contribution in [0.15, 0.2) is 28.6 Å². The van der Waals surface area contributed by atoms with E-state index < -0.39 is 12.1 Å². The van der Waals surface area contributed by atoms with Gasteiger partial charge in [0.25, 0.3) is 0 Å². The Kier molecular flexibility index (Phi) is 6.36. The maximum atomic E-state index is 12.2. The first kappa shape index (κ1) is 18.9. The predicted octanol–water partition coefficient (Wildman–Crippen LogP) is 5.02. The fraction of sp³-hybridized carbons (Fsp3) is 0.286. The molecule has 2 aromatic rings. The van der Waals surface area contributed by atoms with Crippen molar-refractivity contribution in [1.82, 2.24) is 4.98 Å². The first-order chi connectivity index (χ1) is 11.3. The Balaban J connectivity index is 2.04. The van der Waals surface area contributed by atoms with E-state index in [-0.39, 0.29) is 17.4 Å². The second-order valence-electron chi connectivity index (χ2n) is 4.36. The fourth-order valence-corrected chi connectivity index (χ4v) is 3.65. The van der Waals surface area contributed by atoms with Gasteiger partial charge in [-0.15, -0.1) is 36.3 Å². The Morgan fingerprint density at radius 2 is 2.17 bits per heavy atom. The molecular weight excluding hydrogens is 387 g/mol. The second-order valence-corrected chi connectivity index (χ2v) is 6.74. The zero-order valence-electron chi connectivity index (χ0n) is 12.2. The molecule has 0 aliphatic heterocycles. The molecule has 0 N–H and O–H groups in total. The van der Waals surface area contributed by atoms with E-state index >= 15 is 0 Å². The van der Waals surface area contributed by atoms with E-state index in [0.29, 0.717) is 21.3 Å². The number of ether oxygens (including phenoxy) is 2. The summed E-state index contributed by atoms with van der Waals surface area (Å²) in [5.74, 6) is -0.239. The number of halogens is 4. The quantitative estimate of drug-likeness (QED) is 0.506. The van der Waals surface area contributed by atoms with Gasteiger partial charge in [-0.2, -0.15) is 0 Å². The average Bonchev–Trinajstić information content (AvgIpc) is 2.96. The van der Waals surface area contributed by atoms with Crippen molar-refractivity contribution in [2.75, 3.05) is 12.9 Å². The molecule has 0 saturated heterocycles. The van der Waals surface area contributed by atoms with Crippen molar-refractivity contribution in [1.29, 1.82) is 0 Å². The number of carbonyl (C=O) groups is 1. The maximum Gasteiger partial charge on any atom is 0.573 e. The van der Waals surface area contributed by atoms with Crippen LogP contribution in [0.4, 0.5) is 13.2 Å². The van der Waals surface area contributed by atoms with Crippen molar-refractivity contribution in [2.45, 2.75) is 17.8 Å². The number of esters is 1. The van der Waals surface area contributed by atoms with E-state index in [9.17, 15) is 18.0 Å². The summed E-state index contributed by atoms with van der Waals surface area (Å²) in [6.07, 6.45) is -4.53. The third-order valence-electron chi connectivity index (χ3n) is 2.67. The van der Waals surface area contributed by atoms with Gasteiger partial charge in [0.05, 0.1) is 18.6 Å². The summed E-state index contributed by atoms with van der Waals surface area (Å²) >= 11 is 8.53. The molecule has 10 heteroatoms. The summed E-state index contributed by atoms with van der Waals surface area (Å²) in [7, 11) is 1.32. The highest BCUT2D eigenvalue weighted by atomic mass is 35.5. The minimum absolute atomic E-state index is 0.153. The molecule has 0 unspecified atom stereocenters. The molecule has 0 spiro atoms. The van der Waals surface area contributed by atoms with Crippen LogP contribution in [0.25, 0.3) is 10.6 Å². The summed E-state index contributed by atoms with van der Waals surface area (Å²) in [5, 5.41) is 2.97. The van der Waals surface area contributed by atoms with Crippen LogP contribution in [0.3, 0.4) is 0 Å². The molecular formula is C14H11ClF3NO3S2. The molecule has 24 heavy (non-hydrogen) atoms. The van der Waals surface area contributed by atoms with Gasteiger partial charge in [0.2, 0.25) is 0 Å². The van der Waals surface area contributed by atoms with E-state index in [4.69, 9.17) is 11.6 Å². The third kappa shape index (κ3) is 5.57. The number of thiazole rings is 1. The van der Waals surface area contributed by atoms with Crippen molar-refractivity contribution >= 4 is 40.7 Å².